The summed E-state index contributed by atoms with van der Waals surface area (Å²) in [5.41, 5.74) is -3.68. The van der Waals surface area contributed by atoms with E-state index in [1.54, 1.807) is 65.0 Å². The van der Waals surface area contributed by atoms with Crippen LogP contribution in [0.25, 0.3) is 0 Å². The molecule has 0 saturated heterocycles. The molecule has 0 spiro atoms. The van der Waals surface area contributed by atoms with E-state index >= 15 is 0 Å². The van der Waals surface area contributed by atoms with E-state index in [9.17, 15) is 29.4 Å². The van der Waals surface area contributed by atoms with Gasteiger partial charge in [0.15, 0.2) is 5.54 Å². The van der Waals surface area contributed by atoms with Crippen molar-refractivity contribution < 1.29 is 38.9 Å². The van der Waals surface area contributed by atoms with E-state index in [0.717, 1.165) is 0 Å². The van der Waals surface area contributed by atoms with Crippen LogP contribution in [0.5, 0.6) is 0 Å². The van der Waals surface area contributed by atoms with Crippen LogP contribution in [0, 0.1) is 23.2 Å². The zero-order valence-electron chi connectivity index (χ0n) is 20.0. The van der Waals surface area contributed by atoms with Crippen molar-refractivity contribution in [3.63, 3.8) is 0 Å². The summed E-state index contributed by atoms with van der Waals surface area (Å²) in [4.78, 5) is 50.5. The molecule has 0 heterocycles. The Morgan fingerprint density at radius 1 is 1.00 bits per heavy atom. The van der Waals surface area contributed by atoms with E-state index in [2.05, 4.69) is 10.6 Å². The Labute approximate surface area is 198 Å². The molecule has 2 amide bonds. The van der Waals surface area contributed by atoms with Crippen LogP contribution in [-0.4, -0.2) is 51.6 Å². The molecule has 2 aliphatic rings. The Morgan fingerprint density at radius 3 is 2.06 bits per heavy atom. The van der Waals surface area contributed by atoms with Crippen molar-refractivity contribution in [2.75, 3.05) is 5.32 Å². The van der Waals surface area contributed by atoms with E-state index in [0.29, 0.717) is 5.69 Å². The van der Waals surface area contributed by atoms with Crippen molar-refractivity contribution in [3.05, 3.63) is 30.3 Å². The molecule has 10 heteroatoms. The number of benzene rings is 1. The lowest BCUT2D eigenvalue weighted by Gasteiger charge is -2.48. The molecule has 0 bridgehead atoms. The predicted octanol–water partition coefficient (Wildman–Crippen LogP) is 3.72. The van der Waals surface area contributed by atoms with Gasteiger partial charge < -0.3 is 25.0 Å². The molecule has 1 aromatic carbocycles. The number of ether oxygens (including phenoxy) is 2. The molecule has 0 aliphatic heterocycles. The number of carboxylic acids is 2. The zero-order valence-corrected chi connectivity index (χ0v) is 20.0. The third kappa shape index (κ3) is 4.05. The highest BCUT2D eigenvalue weighted by molar-refractivity contribution is 5.91. The third-order valence-electron chi connectivity index (χ3n) is 7.09. The molecule has 4 N–H and O–H groups in total. The number of para-hydroxylation sites is 1. The van der Waals surface area contributed by atoms with Gasteiger partial charge in [-0.25, -0.2) is 14.4 Å². The molecule has 5 atom stereocenters. The summed E-state index contributed by atoms with van der Waals surface area (Å²) in [5, 5.41) is 25.4. The van der Waals surface area contributed by atoms with Gasteiger partial charge in [-0.05, 0) is 45.7 Å². The van der Waals surface area contributed by atoms with Crippen molar-refractivity contribution in [1.29, 1.82) is 0 Å². The summed E-state index contributed by atoms with van der Waals surface area (Å²) < 4.78 is 11.1. The molecule has 0 aromatic heterocycles. The molecule has 2 fully saturated rings. The van der Waals surface area contributed by atoms with Crippen molar-refractivity contribution in [2.24, 2.45) is 23.2 Å². The highest BCUT2D eigenvalue weighted by atomic mass is 16.6. The van der Waals surface area contributed by atoms with Crippen LogP contribution in [0.2, 0.25) is 0 Å². The number of hydrogen-bond acceptors (Lipinski definition) is 6. The van der Waals surface area contributed by atoms with Crippen LogP contribution in [0.3, 0.4) is 0 Å². The minimum absolute atomic E-state index is 0.216. The Balaban J connectivity index is 2.02. The highest BCUT2D eigenvalue weighted by Crippen LogP contribution is 2.72. The number of fused-ring (bicyclic) bond motifs is 1. The minimum atomic E-state index is -2.00. The minimum Gasteiger partial charge on any atom is -0.481 e. The molecule has 1 aromatic rings. The summed E-state index contributed by atoms with van der Waals surface area (Å²) in [5.74, 6) is -5.42. The van der Waals surface area contributed by atoms with Crippen LogP contribution in [0.1, 0.15) is 47.5 Å². The first-order valence-electron chi connectivity index (χ1n) is 11.3. The van der Waals surface area contributed by atoms with Crippen LogP contribution >= 0.6 is 0 Å². The van der Waals surface area contributed by atoms with Crippen molar-refractivity contribution in [3.8, 4) is 0 Å². The smallest absolute Gasteiger partial charge is 0.411 e. The maximum absolute atomic E-state index is 12.9. The van der Waals surface area contributed by atoms with Crippen LogP contribution in [-0.2, 0) is 19.1 Å². The van der Waals surface area contributed by atoms with E-state index in [4.69, 9.17) is 9.47 Å². The van der Waals surface area contributed by atoms with Crippen LogP contribution in [0.15, 0.2) is 30.3 Å². The molecular formula is C24H32N2O8. The lowest BCUT2D eigenvalue weighted by molar-refractivity contribution is -0.159. The standard InChI is InChI=1S/C24H32N2O8/c1-6-23(7-2)17(33-20(31)25-13-11-9-8-10-12-13)14-15(18(27)28)16(14)24(23,19(29)30)26-21(32)34-22(3,4)5/h8-12,14-17H,6-7H2,1-5H3,(H,25,31)(H,26,32)(H,27,28)(H,29,30)/t14-,15-,16+,17+,24-/m1/s1. The van der Waals surface area contributed by atoms with Gasteiger partial charge in [0.25, 0.3) is 0 Å². The third-order valence-corrected chi connectivity index (χ3v) is 7.09. The fraction of sp³-hybridized carbons (Fsp3) is 0.583. The van der Waals surface area contributed by atoms with Gasteiger partial charge in [0.05, 0.1) is 5.92 Å². The summed E-state index contributed by atoms with van der Waals surface area (Å²) in [6.45, 7) is 8.40. The molecule has 0 radical (unpaired) electrons. The second-order valence-electron chi connectivity index (χ2n) is 9.89. The van der Waals surface area contributed by atoms with Crippen LogP contribution in [0.4, 0.5) is 15.3 Å². The van der Waals surface area contributed by atoms with Crippen LogP contribution < -0.4 is 10.6 Å². The lowest BCUT2D eigenvalue weighted by Crippen LogP contribution is -2.68. The van der Waals surface area contributed by atoms with E-state index in [1.165, 1.54) is 0 Å². The van der Waals surface area contributed by atoms with Gasteiger partial charge in [-0.15, -0.1) is 0 Å². The van der Waals surface area contributed by atoms with Crippen molar-refractivity contribution >= 4 is 29.8 Å². The van der Waals surface area contributed by atoms with Gasteiger partial charge >= 0.3 is 24.1 Å². The predicted molar refractivity (Wildman–Crippen MR) is 121 cm³/mol. The first-order chi connectivity index (χ1) is 15.8. The number of carboxylic acid groups (broad SMARTS) is 2. The van der Waals surface area contributed by atoms with E-state index in [-0.39, 0.29) is 12.8 Å². The van der Waals surface area contributed by atoms with Crippen molar-refractivity contribution in [1.82, 2.24) is 5.32 Å². The molecule has 2 aliphatic carbocycles. The molecule has 10 nitrogen and oxygen atoms in total. The maximum atomic E-state index is 12.9. The van der Waals surface area contributed by atoms with Gasteiger partial charge in [-0.1, -0.05) is 32.0 Å². The zero-order chi connectivity index (χ0) is 25.5. The monoisotopic (exact) mass is 476 g/mol. The van der Waals surface area contributed by atoms with Gasteiger partial charge in [0.2, 0.25) is 0 Å². The highest BCUT2D eigenvalue weighted by Gasteiger charge is 2.85. The second kappa shape index (κ2) is 8.81. The molecule has 34 heavy (non-hydrogen) atoms. The number of carbonyl (C=O) groups is 4. The number of hydrogen-bond donors (Lipinski definition) is 4. The summed E-state index contributed by atoms with van der Waals surface area (Å²) in [7, 11) is 0. The lowest BCUT2D eigenvalue weighted by atomic mass is 9.62. The SMILES string of the molecule is CCC1(CC)[C@@H](OC(=O)Nc2ccccc2)[C@@H]2[C@@H](C(=O)O)[C@H]2[C@@]1(NC(=O)OC(C)(C)C)C(=O)O. The summed E-state index contributed by atoms with van der Waals surface area (Å²) >= 11 is 0. The Hall–Kier alpha value is -3.30. The van der Waals surface area contributed by atoms with Gasteiger partial charge in [-0.3, -0.25) is 10.1 Å². The number of amides is 2. The fourth-order valence-corrected chi connectivity index (χ4v) is 5.78. The Morgan fingerprint density at radius 2 is 1.59 bits per heavy atom. The molecule has 2 saturated carbocycles. The first kappa shape index (κ1) is 25.3. The molecule has 3 rings (SSSR count). The number of nitrogens with one attached hydrogen (secondary N) is 2. The Kier molecular flexibility index (Phi) is 6.56. The number of alkyl carbamates (subject to hydrolysis) is 1. The molecular weight excluding hydrogens is 444 g/mol. The second-order valence-corrected chi connectivity index (χ2v) is 9.89. The van der Waals surface area contributed by atoms with Gasteiger partial charge in [-0.2, -0.15) is 0 Å². The average molecular weight is 477 g/mol. The number of rotatable bonds is 7. The van der Waals surface area contributed by atoms with E-state index < -0.39 is 64.5 Å². The number of anilines is 1. The van der Waals surface area contributed by atoms with Gasteiger partial charge in [0.1, 0.15) is 11.7 Å². The average Bonchev–Trinajstić information content (AvgIpc) is 3.43. The maximum Gasteiger partial charge on any atom is 0.411 e. The normalized spacial score (nSPS) is 28.9. The van der Waals surface area contributed by atoms with E-state index in [1.807, 2.05) is 0 Å². The Bertz CT molecular complexity index is 969. The number of carbonyl (C=O) groups excluding carboxylic acids is 2. The summed E-state index contributed by atoms with van der Waals surface area (Å²) in [6, 6.07) is 8.56. The largest absolute Gasteiger partial charge is 0.481 e. The first-order valence-corrected chi connectivity index (χ1v) is 11.3. The molecule has 186 valence electrons. The van der Waals surface area contributed by atoms with Gasteiger partial charge in [0, 0.05) is 22.9 Å². The van der Waals surface area contributed by atoms with Crippen molar-refractivity contribution in [2.45, 2.75) is 64.7 Å². The topological polar surface area (TPSA) is 151 Å². The quantitative estimate of drug-likeness (QED) is 0.465. The molecule has 0 unspecified atom stereocenters. The number of aliphatic carboxylic acids is 2. The summed E-state index contributed by atoms with van der Waals surface area (Å²) in [6.07, 6.45) is -2.41. The fourth-order valence-electron chi connectivity index (χ4n) is 5.78.